The van der Waals surface area contributed by atoms with Crippen LogP contribution in [0.5, 0.6) is 0 Å². The minimum absolute atomic E-state index is 0.00565. The van der Waals surface area contributed by atoms with Gasteiger partial charge in [-0.3, -0.25) is 4.79 Å². The fraction of sp³-hybridized carbons (Fsp3) is 0.900. The zero-order chi connectivity index (χ0) is 9.68. The molecule has 0 saturated heterocycles. The van der Waals surface area contributed by atoms with Gasteiger partial charge in [0, 0.05) is 6.54 Å². The SMILES string of the molecule is CCC(Br)C(=O)NCC1CCCC1. The second-order valence-electron chi connectivity index (χ2n) is 3.77. The van der Waals surface area contributed by atoms with Crippen molar-refractivity contribution < 1.29 is 4.79 Å². The highest BCUT2D eigenvalue weighted by molar-refractivity contribution is 9.10. The third kappa shape index (κ3) is 3.67. The minimum Gasteiger partial charge on any atom is -0.355 e. The first-order valence-electron chi connectivity index (χ1n) is 5.15. The fourth-order valence-electron chi connectivity index (χ4n) is 1.76. The van der Waals surface area contributed by atoms with Gasteiger partial charge in [0.15, 0.2) is 0 Å². The summed E-state index contributed by atoms with van der Waals surface area (Å²) in [5, 5.41) is 2.99. The highest BCUT2D eigenvalue weighted by Crippen LogP contribution is 2.23. The Bertz CT molecular complexity index is 166. The smallest absolute Gasteiger partial charge is 0.233 e. The first kappa shape index (κ1) is 11.0. The molecule has 0 radical (unpaired) electrons. The Morgan fingerprint density at radius 3 is 2.69 bits per heavy atom. The van der Waals surface area contributed by atoms with Gasteiger partial charge in [0.05, 0.1) is 4.83 Å². The molecule has 1 unspecified atom stereocenters. The van der Waals surface area contributed by atoms with Crippen LogP contribution >= 0.6 is 15.9 Å². The second-order valence-corrected chi connectivity index (χ2v) is 4.88. The summed E-state index contributed by atoms with van der Waals surface area (Å²) in [4.78, 5) is 11.4. The first-order chi connectivity index (χ1) is 6.24. The number of halogens is 1. The predicted molar refractivity (Wildman–Crippen MR) is 58.0 cm³/mol. The Morgan fingerprint density at radius 2 is 2.15 bits per heavy atom. The number of carbonyl (C=O) groups is 1. The highest BCUT2D eigenvalue weighted by Gasteiger charge is 2.17. The molecule has 1 atom stereocenters. The number of carbonyl (C=O) groups excluding carboxylic acids is 1. The van der Waals surface area contributed by atoms with Gasteiger partial charge < -0.3 is 5.32 Å². The Labute approximate surface area is 88.6 Å². The molecule has 1 amide bonds. The van der Waals surface area contributed by atoms with Crippen molar-refractivity contribution in [1.29, 1.82) is 0 Å². The topological polar surface area (TPSA) is 29.1 Å². The van der Waals surface area contributed by atoms with Gasteiger partial charge in [0.2, 0.25) is 5.91 Å². The summed E-state index contributed by atoms with van der Waals surface area (Å²) in [6, 6.07) is 0. The van der Waals surface area contributed by atoms with E-state index in [4.69, 9.17) is 0 Å². The van der Waals surface area contributed by atoms with E-state index < -0.39 is 0 Å². The van der Waals surface area contributed by atoms with Crippen molar-refractivity contribution >= 4 is 21.8 Å². The molecule has 0 aromatic heterocycles. The lowest BCUT2D eigenvalue weighted by Gasteiger charge is -2.12. The molecule has 1 saturated carbocycles. The van der Waals surface area contributed by atoms with Gasteiger partial charge in [-0.2, -0.15) is 0 Å². The number of rotatable bonds is 4. The van der Waals surface area contributed by atoms with Crippen LogP contribution in [0.3, 0.4) is 0 Å². The lowest BCUT2D eigenvalue weighted by atomic mass is 10.1. The highest BCUT2D eigenvalue weighted by atomic mass is 79.9. The van der Waals surface area contributed by atoms with Crippen LogP contribution < -0.4 is 5.32 Å². The molecule has 1 fully saturated rings. The van der Waals surface area contributed by atoms with E-state index >= 15 is 0 Å². The van der Waals surface area contributed by atoms with Crippen molar-refractivity contribution in [2.75, 3.05) is 6.54 Å². The van der Waals surface area contributed by atoms with Crippen LogP contribution in [0.4, 0.5) is 0 Å². The van der Waals surface area contributed by atoms with Crippen LogP contribution in [0.25, 0.3) is 0 Å². The standard InChI is InChI=1S/C10H18BrNO/c1-2-9(11)10(13)12-7-8-5-3-4-6-8/h8-9H,2-7H2,1H3,(H,12,13). The van der Waals surface area contributed by atoms with E-state index in [1.165, 1.54) is 25.7 Å². The van der Waals surface area contributed by atoms with E-state index in [2.05, 4.69) is 21.2 Å². The summed E-state index contributed by atoms with van der Waals surface area (Å²) >= 11 is 3.34. The van der Waals surface area contributed by atoms with Gasteiger partial charge in [-0.25, -0.2) is 0 Å². The molecule has 0 aromatic rings. The van der Waals surface area contributed by atoms with Crippen LogP contribution in [-0.4, -0.2) is 17.3 Å². The van der Waals surface area contributed by atoms with E-state index in [9.17, 15) is 4.79 Å². The molecule has 0 aliphatic heterocycles. The Kier molecular flexibility index (Phi) is 4.78. The predicted octanol–water partition coefficient (Wildman–Crippen LogP) is 2.47. The maximum Gasteiger partial charge on any atom is 0.233 e. The average Bonchev–Trinajstić information content (AvgIpc) is 2.65. The molecule has 1 N–H and O–H groups in total. The summed E-state index contributed by atoms with van der Waals surface area (Å²) in [5.74, 6) is 0.884. The Morgan fingerprint density at radius 1 is 1.54 bits per heavy atom. The lowest BCUT2D eigenvalue weighted by Crippen LogP contribution is -2.33. The zero-order valence-corrected chi connectivity index (χ0v) is 9.77. The minimum atomic E-state index is -0.00565. The number of hydrogen-bond donors (Lipinski definition) is 1. The van der Waals surface area contributed by atoms with Crippen molar-refractivity contribution in [3.8, 4) is 0 Å². The van der Waals surface area contributed by atoms with E-state index in [0.29, 0.717) is 0 Å². The fourth-order valence-corrected chi connectivity index (χ4v) is 1.92. The molecular weight excluding hydrogens is 230 g/mol. The molecule has 3 heteroatoms. The molecule has 76 valence electrons. The molecule has 2 nitrogen and oxygen atoms in total. The molecule has 0 heterocycles. The summed E-state index contributed by atoms with van der Waals surface area (Å²) < 4.78 is 0. The van der Waals surface area contributed by atoms with E-state index in [1.54, 1.807) is 0 Å². The normalized spacial score (nSPS) is 20.2. The van der Waals surface area contributed by atoms with Crippen LogP contribution in [-0.2, 0) is 4.79 Å². The Hall–Kier alpha value is -0.0500. The average molecular weight is 248 g/mol. The van der Waals surface area contributed by atoms with Crippen molar-refractivity contribution in [2.24, 2.45) is 5.92 Å². The van der Waals surface area contributed by atoms with Crippen molar-refractivity contribution in [3.63, 3.8) is 0 Å². The molecule has 13 heavy (non-hydrogen) atoms. The van der Waals surface area contributed by atoms with Crippen molar-refractivity contribution in [1.82, 2.24) is 5.32 Å². The zero-order valence-electron chi connectivity index (χ0n) is 8.18. The largest absolute Gasteiger partial charge is 0.355 e. The maximum atomic E-state index is 11.4. The number of hydrogen-bond acceptors (Lipinski definition) is 1. The first-order valence-corrected chi connectivity index (χ1v) is 6.07. The molecule has 0 bridgehead atoms. The third-order valence-electron chi connectivity index (χ3n) is 2.68. The summed E-state index contributed by atoms with van der Waals surface area (Å²) in [7, 11) is 0. The number of alkyl halides is 1. The van der Waals surface area contributed by atoms with Crippen molar-refractivity contribution in [2.45, 2.75) is 43.9 Å². The summed E-state index contributed by atoms with van der Waals surface area (Å²) in [5.41, 5.74) is 0. The van der Waals surface area contributed by atoms with Gasteiger partial charge in [-0.05, 0) is 25.2 Å². The van der Waals surface area contributed by atoms with Crippen LogP contribution in [0.1, 0.15) is 39.0 Å². The van der Waals surface area contributed by atoms with Crippen LogP contribution in [0.2, 0.25) is 0 Å². The number of amides is 1. The molecule has 1 aliphatic carbocycles. The Balaban J connectivity index is 2.13. The van der Waals surface area contributed by atoms with Crippen LogP contribution in [0.15, 0.2) is 0 Å². The lowest BCUT2D eigenvalue weighted by molar-refractivity contribution is -0.120. The number of nitrogens with one attached hydrogen (secondary N) is 1. The third-order valence-corrected chi connectivity index (χ3v) is 3.75. The van der Waals surface area contributed by atoms with Gasteiger partial charge in [-0.1, -0.05) is 35.7 Å². The molecule has 1 aliphatic rings. The molecular formula is C10H18BrNO. The summed E-state index contributed by atoms with van der Waals surface area (Å²) in [6.07, 6.45) is 6.12. The summed E-state index contributed by atoms with van der Waals surface area (Å²) in [6.45, 7) is 2.88. The van der Waals surface area contributed by atoms with Gasteiger partial charge in [0.1, 0.15) is 0 Å². The quantitative estimate of drug-likeness (QED) is 0.761. The monoisotopic (exact) mass is 247 g/mol. The van der Waals surface area contributed by atoms with Gasteiger partial charge in [-0.15, -0.1) is 0 Å². The molecule has 0 aromatic carbocycles. The second kappa shape index (κ2) is 5.63. The van der Waals surface area contributed by atoms with E-state index in [1.807, 2.05) is 6.92 Å². The van der Waals surface area contributed by atoms with Crippen LogP contribution in [0, 0.1) is 5.92 Å². The molecule has 0 spiro atoms. The van der Waals surface area contributed by atoms with Gasteiger partial charge in [0.25, 0.3) is 0 Å². The van der Waals surface area contributed by atoms with E-state index in [-0.39, 0.29) is 10.7 Å². The van der Waals surface area contributed by atoms with Crippen molar-refractivity contribution in [3.05, 3.63) is 0 Å². The molecule has 1 rings (SSSR count). The van der Waals surface area contributed by atoms with Gasteiger partial charge >= 0.3 is 0 Å². The maximum absolute atomic E-state index is 11.4. The van der Waals surface area contributed by atoms with E-state index in [0.717, 1.165) is 18.9 Å².